The van der Waals surface area contributed by atoms with Crippen LogP contribution < -0.4 is 10.6 Å². The normalized spacial score (nSPS) is 20.6. The summed E-state index contributed by atoms with van der Waals surface area (Å²) in [6.07, 6.45) is 0.357. The lowest BCUT2D eigenvalue weighted by molar-refractivity contribution is -0.119. The van der Waals surface area contributed by atoms with Crippen LogP contribution in [0.4, 0.5) is 0 Å². The molecule has 6 heteroatoms. The van der Waals surface area contributed by atoms with Gasteiger partial charge in [0.05, 0.1) is 11.6 Å². The standard InChI is InChI=1S/C8H9N3O2S/c12-7-1-5(2-9-7)11-8(13)6-3-14-4-10-6/h3-5H,1-2H2,(H,9,12)(H,11,13). The van der Waals surface area contributed by atoms with Gasteiger partial charge in [-0.1, -0.05) is 0 Å². The van der Waals surface area contributed by atoms with Crippen LogP contribution in [0.15, 0.2) is 10.9 Å². The highest BCUT2D eigenvalue weighted by Gasteiger charge is 2.23. The van der Waals surface area contributed by atoms with Crippen LogP contribution in [0.1, 0.15) is 16.9 Å². The van der Waals surface area contributed by atoms with E-state index in [1.165, 1.54) is 11.3 Å². The van der Waals surface area contributed by atoms with Gasteiger partial charge in [-0.2, -0.15) is 0 Å². The molecule has 1 fully saturated rings. The van der Waals surface area contributed by atoms with E-state index in [0.29, 0.717) is 18.7 Å². The Hall–Kier alpha value is -1.43. The fourth-order valence-electron chi connectivity index (χ4n) is 1.29. The Bertz CT molecular complexity index is 349. The highest BCUT2D eigenvalue weighted by atomic mass is 32.1. The van der Waals surface area contributed by atoms with Crippen molar-refractivity contribution >= 4 is 23.2 Å². The van der Waals surface area contributed by atoms with E-state index in [4.69, 9.17) is 0 Å². The molecule has 1 saturated heterocycles. The number of hydrogen-bond donors (Lipinski definition) is 2. The molecule has 1 aromatic rings. The molecular formula is C8H9N3O2S. The molecule has 5 nitrogen and oxygen atoms in total. The van der Waals surface area contributed by atoms with Gasteiger partial charge >= 0.3 is 0 Å². The summed E-state index contributed by atoms with van der Waals surface area (Å²) in [5.74, 6) is -0.235. The van der Waals surface area contributed by atoms with Crippen LogP contribution in [0.5, 0.6) is 0 Å². The van der Waals surface area contributed by atoms with Crippen molar-refractivity contribution in [2.24, 2.45) is 0 Å². The Labute approximate surface area is 84.5 Å². The number of thiazole rings is 1. The zero-order chi connectivity index (χ0) is 9.97. The molecule has 0 bridgehead atoms. The van der Waals surface area contributed by atoms with E-state index in [2.05, 4.69) is 15.6 Å². The molecular weight excluding hydrogens is 202 g/mol. The predicted molar refractivity (Wildman–Crippen MR) is 51.0 cm³/mol. The molecule has 2 rings (SSSR count). The fraction of sp³-hybridized carbons (Fsp3) is 0.375. The largest absolute Gasteiger partial charge is 0.354 e. The van der Waals surface area contributed by atoms with Crippen molar-refractivity contribution in [1.29, 1.82) is 0 Å². The minimum atomic E-state index is -0.215. The summed E-state index contributed by atoms with van der Waals surface area (Å²) in [7, 11) is 0. The minimum absolute atomic E-state index is 0.0198. The molecule has 0 aliphatic carbocycles. The lowest BCUT2D eigenvalue weighted by atomic mass is 10.2. The number of rotatable bonds is 2. The second-order valence-corrected chi connectivity index (χ2v) is 3.77. The van der Waals surface area contributed by atoms with Crippen molar-refractivity contribution in [1.82, 2.24) is 15.6 Å². The number of carbonyl (C=O) groups is 2. The second-order valence-electron chi connectivity index (χ2n) is 3.05. The van der Waals surface area contributed by atoms with Gasteiger partial charge in [-0.25, -0.2) is 4.98 Å². The molecule has 1 aliphatic rings. The third-order valence-corrected chi connectivity index (χ3v) is 2.56. The number of hydrogen-bond acceptors (Lipinski definition) is 4. The van der Waals surface area contributed by atoms with Crippen LogP contribution in [-0.4, -0.2) is 29.4 Å². The van der Waals surface area contributed by atoms with Crippen LogP contribution in [0.25, 0.3) is 0 Å². The Balaban J connectivity index is 1.92. The van der Waals surface area contributed by atoms with Crippen molar-refractivity contribution in [2.75, 3.05) is 6.54 Å². The first-order valence-corrected chi connectivity index (χ1v) is 5.16. The lowest BCUT2D eigenvalue weighted by Crippen LogP contribution is -2.36. The molecule has 2 amide bonds. The Morgan fingerprint density at radius 1 is 1.71 bits per heavy atom. The molecule has 0 aromatic carbocycles. The monoisotopic (exact) mass is 211 g/mol. The molecule has 0 spiro atoms. The van der Waals surface area contributed by atoms with Crippen molar-refractivity contribution in [3.05, 3.63) is 16.6 Å². The maximum atomic E-state index is 11.5. The summed E-state index contributed by atoms with van der Waals surface area (Å²) >= 11 is 1.37. The molecule has 0 saturated carbocycles. The molecule has 1 aromatic heterocycles. The number of amides is 2. The van der Waals surface area contributed by atoms with Crippen molar-refractivity contribution < 1.29 is 9.59 Å². The van der Waals surface area contributed by atoms with E-state index < -0.39 is 0 Å². The van der Waals surface area contributed by atoms with Gasteiger partial charge in [-0.05, 0) is 0 Å². The van der Waals surface area contributed by atoms with Crippen molar-refractivity contribution in [3.63, 3.8) is 0 Å². The Morgan fingerprint density at radius 2 is 2.57 bits per heavy atom. The summed E-state index contributed by atoms with van der Waals surface area (Å²) < 4.78 is 0. The van der Waals surface area contributed by atoms with Crippen LogP contribution in [-0.2, 0) is 4.79 Å². The highest BCUT2D eigenvalue weighted by molar-refractivity contribution is 7.07. The zero-order valence-electron chi connectivity index (χ0n) is 7.32. The zero-order valence-corrected chi connectivity index (χ0v) is 8.13. The average molecular weight is 211 g/mol. The molecule has 2 heterocycles. The summed E-state index contributed by atoms with van der Waals surface area (Å²) in [5, 5.41) is 7.06. The van der Waals surface area contributed by atoms with Crippen molar-refractivity contribution in [2.45, 2.75) is 12.5 Å². The Morgan fingerprint density at radius 3 is 3.14 bits per heavy atom. The van der Waals surface area contributed by atoms with E-state index in [-0.39, 0.29) is 17.9 Å². The second kappa shape index (κ2) is 3.75. The molecule has 14 heavy (non-hydrogen) atoms. The molecule has 0 radical (unpaired) electrons. The van der Waals surface area contributed by atoms with Gasteiger partial charge in [0.25, 0.3) is 5.91 Å². The fourth-order valence-corrected chi connectivity index (χ4v) is 1.82. The number of carbonyl (C=O) groups excluding carboxylic acids is 2. The van der Waals surface area contributed by atoms with Gasteiger partial charge in [0.2, 0.25) is 5.91 Å². The van der Waals surface area contributed by atoms with Crippen LogP contribution >= 0.6 is 11.3 Å². The number of aromatic nitrogens is 1. The quantitative estimate of drug-likeness (QED) is 0.709. The summed E-state index contributed by atoms with van der Waals surface area (Å²) in [6, 6.07) is -0.100. The summed E-state index contributed by atoms with van der Waals surface area (Å²) in [5.41, 5.74) is 2.02. The first kappa shape index (κ1) is 9.14. The van der Waals surface area contributed by atoms with E-state index in [0.717, 1.165) is 0 Å². The van der Waals surface area contributed by atoms with E-state index >= 15 is 0 Å². The van der Waals surface area contributed by atoms with Crippen molar-refractivity contribution in [3.8, 4) is 0 Å². The molecule has 1 aliphatic heterocycles. The first-order chi connectivity index (χ1) is 6.75. The van der Waals surface area contributed by atoms with Gasteiger partial charge in [-0.15, -0.1) is 11.3 Å². The maximum Gasteiger partial charge on any atom is 0.271 e. The van der Waals surface area contributed by atoms with Crippen LogP contribution in [0.3, 0.4) is 0 Å². The third-order valence-electron chi connectivity index (χ3n) is 1.98. The molecule has 1 atom stereocenters. The van der Waals surface area contributed by atoms with Gasteiger partial charge in [-0.3, -0.25) is 9.59 Å². The summed E-state index contributed by atoms with van der Waals surface area (Å²) in [6.45, 7) is 0.509. The minimum Gasteiger partial charge on any atom is -0.354 e. The lowest BCUT2D eigenvalue weighted by Gasteiger charge is -2.07. The first-order valence-electron chi connectivity index (χ1n) is 4.21. The highest BCUT2D eigenvalue weighted by Crippen LogP contribution is 2.04. The number of nitrogens with one attached hydrogen (secondary N) is 2. The van der Waals surface area contributed by atoms with Crippen LogP contribution in [0.2, 0.25) is 0 Å². The molecule has 1 unspecified atom stereocenters. The molecule has 74 valence electrons. The smallest absolute Gasteiger partial charge is 0.271 e. The SMILES string of the molecule is O=C1CC(NC(=O)c2cscn2)CN1. The third kappa shape index (κ3) is 1.90. The van der Waals surface area contributed by atoms with Crippen LogP contribution in [0, 0.1) is 0 Å². The van der Waals surface area contributed by atoms with Gasteiger partial charge in [0.15, 0.2) is 0 Å². The van der Waals surface area contributed by atoms with E-state index in [1.54, 1.807) is 10.9 Å². The number of nitrogens with zero attached hydrogens (tertiary/aromatic N) is 1. The average Bonchev–Trinajstić information content (AvgIpc) is 2.75. The van der Waals surface area contributed by atoms with Gasteiger partial charge in [0.1, 0.15) is 5.69 Å². The topological polar surface area (TPSA) is 71.1 Å². The van der Waals surface area contributed by atoms with E-state index in [1.807, 2.05) is 0 Å². The maximum absolute atomic E-state index is 11.5. The van der Waals surface area contributed by atoms with E-state index in [9.17, 15) is 9.59 Å². The summed E-state index contributed by atoms with van der Waals surface area (Å²) in [4.78, 5) is 26.2. The van der Waals surface area contributed by atoms with Gasteiger partial charge in [0, 0.05) is 18.3 Å². The Kier molecular flexibility index (Phi) is 2.45. The molecule has 2 N–H and O–H groups in total. The van der Waals surface area contributed by atoms with Gasteiger partial charge < -0.3 is 10.6 Å². The predicted octanol–water partition coefficient (Wildman–Crippen LogP) is -0.239.